The van der Waals surface area contributed by atoms with Gasteiger partial charge in [0.2, 0.25) is 5.78 Å². The summed E-state index contributed by atoms with van der Waals surface area (Å²) in [5, 5.41) is 18.4. The molecule has 0 saturated heterocycles. The lowest BCUT2D eigenvalue weighted by molar-refractivity contribution is -0.0792. The highest BCUT2D eigenvalue weighted by molar-refractivity contribution is 6.01. The minimum Gasteiger partial charge on any atom is -0.382 e. The molecular weight excluding hydrogens is 276 g/mol. The van der Waals surface area contributed by atoms with Crippen LogP contribution in [0.5, 0.6) is 0 Å². The zero-order chi connectivity index (χ0) is 15.5. The van der Waals surface area contributed by atoms with Crippen LogP contribution < -0.4 is 0 Å². The number of hydrogen-bond donors (Lipinski definition) is 1. The van der Waals surface area contributed by atoms with Gasteiger partial charge in [0.05, 0.1) is 11.6 Å². The molecule has 0 heterocycles. The summed E-state index contributed by atoms with van der Waals surface area (Å²) in [5.74, 6) is -5.43. The van der Waals surface area contributed by atoms with E-state index in [0.29, 0.717) is 0 Å². The molecule has 0 amide bonds. The Morgan fingerprint density at radius 3 is 2.19 bits per heavy atom. The Kier molecular flexibility index (Phi) is 4.10. The minimum absolute atomic E-state index is 0.0375. The molecular formula is C16H11F2NO2. The Morgan fingerprint density at radius 2 is 1.67 bits per heavy atom. The molecule has 0 aliphatic carbocycles. The first kappa shape index (κ1) is 14.8. The molecule has 2 rings (SSSR count). The molecule has 5 heteroatoms. The first-order valence-corrected chi connectivity index (χ1v) is 6.12. The second kappa shape index (κ2) is 5.81. The minimum atomic E-state index is -3.95. The predicted octanol–water partition coefficient (Wildman–Crippen LogP) is 3.11. The lowest BCUT2D eigenvalue weighted by Gasteiger charge is -2.21. The summed E-state index contributed by atoms with van der Waals surface area (Å²) in [6.07, 6.45) is -2.22. The topological polar surface area (TPSA) is 61.1 Å². The molecule has 0 spiro atoms. The van der Waals surface area contributed by atoms with Crippen molar-refractivity contribution in [3.05, 3.63) is 71.3 Å². The number of alkyl halides is 2. The van der Waals surface area contributed by atoms with E-state index < -0.39 is 17.8 Å². The van der Waals surface area contributed by atoms with E-state index in [9.17, 15) is 18.7 Å². The van der Waals surface area contributed by atoms with Gasteiger partial charge in [-0.15, -0.1) is 0 Å². The van der Waals surface area contributed by atoms with E-state index >= 15 is 0 Å². The van der Waals surface area contributed by atoms with Crippen molar-refractivity contribution in [3.8, 4) is 6.07 Å². The molecule has 106 valence electrons. The third-order valence-corrected chi connectivity index (χ3v) is 3.04. The monoisotopic (exact) mass is 287 g/mol. The van der Waals surface area contributed by atoms with Crippen molar-refractivity contribution in [1.82, 2.24) is 0 Å². The predicted molar refractivity (Wildman–Crippen MR) is 71.8 cm³/mol. The normalized spacial score (nSPS) is 12.5. The number of nitriles is 1. The molecule has 0 aliphatic rings. The number of hydrogen-bond acceptors (Lipinski definition) is 3. The molecule has 0 radical (unpaired) electrons. The van der Waals surface area contributed by atoms with Crippen LogP contribution in [0.3, 0.4) is 0 Å². The molecule has 2 aromatic carbocycles. The van der Waals surface area contributed by atoms with E-state index in [2.05, 4.69) is 0 Å². The molecule has 2 aromatic rings. The van der Waals surface area contributed by atoms with Gasteiger partial charge in [0, 0.05) is 5.56 Å². The van der Waals surface area contributed by atoms with Crippen molar-refractivity contribution in [2.24, 2.45) is 0 Å². The van der Waals surface area contributed by atoms with Gasteiger partial charge < -0.3 is 5.11 Å². The van der Waals surface area contributed by atoms with Gasteiger partial charge in [-0.25, -0.2) is 0 Å². The van der Waals surface area contributed by atoms with Crippen LogP contribution in [0.4, 0.5) is 8.78 Å². The highest BCUT2D eigenvalue weighted by atomic mass is 19.3. The number of aliphatic hydroxyl groups excluding tert-OH is 1. The highest BCUT2D eigenvalue weighted by Crippen LogP contribution is 2.34. The van der Waals surface area contributed by atoms with Crippen LogP contribution in [-0.2, 0) is 0 Å². The summed E-state index contributed by atoms with van der Waals surface area (Å²) < 4.78 is 28.2. The van der Waals surface area contributed by atoms with E-state index in [1.807, 2.05) is 6.07 Å². The Balaban J connectivity index is 2.29. The zero-order valence-corrected chi connectivity index (χ0v) is 10.8. The number of aliphatic hydroxyl groups is 1. The molecule has 0 fully saturated rings. The molecule has 0 aromatic heterocycles. The molecule has 3 nitrogen and oxygen atoms in total. The van der Waals surface area contributed by atoms with Gasteiger partial charge in [-0.3, -0.25) is 4.79 Å². The zero-order valence-electron chi connectivity index (χ0n) is 10.8. The van der Waals surface area contributed by atoms with Gasteiger partial charge >= 0.3 is 5.92 Å². The molecule has 0 saturated carbocycles. The Morgan fingerprint density at radius 1 is 1.10 bits per heavy atom. The highest BCUT2D eigenvalue weighted by Gasteiger charge is 2.47. The van der Waals surface area contributed by atoms with Crippen LogP contribution in [0.25, 0.3) is 0 Å². The number of carbonyl (C=O) groups is 1. The number of rotatable bonds is 4. The number of Topliss-reactive ketones (excluding diaryl/α,β-unsaturated/α-hetero) is 1. The fourth-order valence-corrected chi connectivity index (χ4v) is 1.86. The van der Waals surface area contributed by atoms with Crippen LogP contribution in [0.1, 0.15) is 27.6 Å². The fraction of sp³-hybridized carbons (Fsp3) is 0.125. The number of nitrogens with zero attached hydrogens (tertiary/aromatic N) is 1. The molecule has 0 aliphatic heterocycles. The smallest absolute Gasteiger partial charge is 0.339 e. The largest absolute Gasteiger partial charge is 0.382 e. The first-order chi connectivity index (χ1) is 9.96. The van der Waals surface area contributed by atoms with Crippen molar-refractivity contribution in [2.45, 2.75) is 12.0 Å². The molecule has 1 unspecified atom stereocenters. The van der Waals surface area contributed by atoms with Gasteiger partial charge in [0.25, 0.3) is 0 Å². The molecule has 1 atom stereocenters. The fourth-order valence-electron chi connectivity index (χ4n) is 1.86. The third-order valence-electron chi connectivity index (χ3n) is 3.04. The summed E-state index contributed by atoms with van der Waals surface area (Å²) in [4.78, 5) is 11.9. The number of benzene rings is 2. The van der Waals surface area contributed by atoms with E-state index in [4.69, 9.17) is 5.26 Å². The van der Waals surface area contributed by atoms with Crippen LogP contribution in [0.2, 0.25) is 0 Å². The van der Waals surface area contributed by atoms with Crippen LogP contribution in [-0.4, -0.2) is 16.8 Å². The average molecular weight is 287 g/mol. The van der Waals surface area contributed by atoms with Gasteiger partial charge in [-0.05, 0) is 29.8 Å². The lowest BCUT2D eigenvalue weighted by atomic mass is 9.96. The average Bonchev–Trinajstić information content (AvgIpc) is 2.54. The van der Waals surface area contributed by atoms with E-state index in [1.165, 1.54) is 36.4 Å². The van der Waals surface area contributed by atoms with Crippen molar-refractivity contribution >= 4 is 5.78 Å². The third kappa shape index (κ3) is 2.96. The lowest BCUT2D eigenvalue weighted by Crippen LogP contribution is -2.35. The Labute approximate surface area is 120 Å². The van der Waals surface area contributed by atoms with Crippen molar-refractivity contribution in [1.29, 1.82) is 5.26 Å². The van der Waals surface area contributed by atoms with Gasteiger partial charge in [0.15, 0.2) is 6.10 Å². The van der Waals surface area contributed by atoms with Crippen LogP contribution >= 0.6 is 0 Å². The number of ketones is 1. The van der Waals surface area contributed by atoms with E-state index in [0.717, 1.165) is 12.1 Å². The molecule has 21 heavy (non-hydrogen) atoms. The van der Waals surface area contributed by atoms with Crippen molar-refractivity contribution < 1.29 is 18.7 Å². The molecule has 0 bridgehead atoms. The standard InChI is InChI=1S/C16H11F2NO2/c17-16(18,14(20)12-4-2-1-3-5-12)15(21)13-8-6-11(10-19)7-9-13/h1-9,14,20H. The van der Waals surface area contributed by atoms with E-state index in [1.54, 1.807) is 6.07 Å². The first-order valence-electron chi connectivity index (χ1n) is 6.12. The maximum Gasteiger partial charge on any atom is 0.339 e. The maximum absolute atomic E-state index is 14.1. The summed E-state index contributed by atoms with van der Waals surface area (Å²) in [6, 6.07) is 13.9. The van der Waals surface area contributed by atoms with Crippen LogP contribution in [0.15, 0.2) is 54.6 Å². The maximum atomic E-state index is 14.1. The summed E-state index contributed by atoms with van der Waals surface area (Å²) >= 11 is 0. The SMILES string of the molecule is N#Cc1ccc(C(=O)C(F)(F)C(O)c2ccccc2)cc1. The Bertz CT molecular complexity index is 676. The van der Waals surface area contributed by atoms with Gasteiger partial charge in [-0.1, -0.05) is 30.3 Å². The van der Waals surface area contributed by atoms with Gasteiger partial charge in [-0.2, -0.15) is 14.0 Å². The van der Waals surface area contributed by atoms with Gasteiger partial charge in [0.1, 0.15) is 0 Å². The summed E-state index contributed by atoms with van der Waals surface area (Å²) in [5.41, 5.74) is -0.0306. The second-order valence-electron chi connectivity index (χ2n) is 4.45. The van der Waals surface area contributed by atoms with Crippen molar-refractivity contribution in [2.75, 3.05) is 0 Å². The quantitative estimate of drug-likeness (QED) is 0.879. The van der Waals surface area contributed by atoms with Crippen LogP contribution in [0, 0.1) is 11.3 Å². The summed E-state index contributed by atoms with van der Waals surface area (Å²) in [6.45, 7) is 0. The van der Waals surface area contributed by atoms with Crippen molar-refractivity contribution in [3.63, 3.8) is 0 Å². The number of carbonyl (C=O) groups excluding carboxylic acids is 1. The van der Waals surface area contributed by atoms with E-state index in [-0.39, 0.29) is 16.7 Å². The Hall–Kier alpha value is -2.58. The molecule has 1 N–H and O–H groups in total. The number of halogens is 2. The second-order valence-corrected chi connectivity index (χ2v) is 4.45. The summed E-state index contributed by atoms with van der Waals surface area (Å²) in [7, 11) is 0.